The van der Waals surface area contributed by atoms with Crippen LogP contribution in [0.3, 0.4) is 0 Å². The number of piperazine rings is 1. The third kappa shape index (κ3) is 5.82. The monoisotopic (exact) mass is 524 g/mol. The lowest BCUT2D eigenvalue weighted by molar-refractivity contribution is 0.148. The highest BCUT2D eigenvalue weighted by atomic mass is 32.2. The molecule has 1 N–H and O–H groups in total. The van der Waals surface area contributed by atoms with Crippen molar-refractivity contribution in [3.8, 4) is 11.3 Å². The molecule has 0 atom stereocenters. The van der Waals surface area contributed by atoms with E-state index >= 15 is 0 Å². The van der Waals surface area contributed by atoms with E-state index in [1.54, 1.807) is 6.20 Å². The van der Waals surface area contributed by atoms with E-state index in [0.717, 1.165) is 57.3 Å². The quantitative estimate of drug-likeness (QED) is 0.503. The number of sulfonamides is 1. The lowest BCUT2D eigenvalue weighted by Crippen LogP contribution is -2.43. The Labute approximate surface area is 218 Å². The summed E-state index contributed by atoms with van der Waals surface area (Å²) in [6, 6.07) is 12.0. The minimum atomic E-state index is -3.84. The molecule has 2 saturated heterocycles. The van der Waals surface area contributed by atoms with Gasteiger partial charge in [-0.3, -0.25) is 4.90 Å². The molecule has 2 aliphatic heterocycles. The van der Waals surface area contributed by atoms with Crippen molar-refractivity contribution in [3.63, 3.8) is 0 Å². The van der Waals surface area contributed by atoms with E-state index in [4.69, 9.17) is 0 Å². The summed E-state index contributed by atoms with van der Waals surface area (Å²) in [4.78, 5) is 13.8. The molecule has 37 heavy (non-hydrogen) atoms. The van der Waals surface area contributed by atoms with E-state index in [0.29, 0.717) is 35.9 Å². The highest BCUT2D eigenvalue weighted by Gasteiger charge is 2.31. The van der Waals surface area contributed by atoms with Gasteiger partial charge < -0.3 is 10.2 Å². The fourth-order valence-electron chi connectivity index (χ4n) is 4.83. The molecule has 2 aliphatic rings. The molecule has 196 valence electrons. The molecule has 8 nitrogen and oxygen atoms in total. The second kappa shape index (κ2) is 10.8. The summed E-state index contributed by atoms with van der Waals surface area (Å²) in [5.41, 5.74) is 3.61. The molecule has 2 aromatic carbocycles. The van der Waals surface area contributed by atoms with Crippen LogP contribution >= 0.6 is 0 Å². The summed E-state index contributed by atoms with van der Waals surface area (Å²) in [5, 5.41) is 3.23. The number of aromatic nitrogens is 2. The SMILES string of the molecule is Cc1cnc(Nc2ccc(CN3CCN(C)CC3)cc2)nc1-c1ccc(F)cc1S(=O)(=O)N1CCCC1. The van der Waals surface area contributed by atoms with Gasteiger partial charge in [0.2, 0.25) is 16.0 Å². The lowest BCUT2D eigenvalue weighted by atomic mass is 10.1. The van der Waals surface area contributed by atoms with Gasteiger partial charge in [-0.2, -0.15) is 4.31 Å². The van der Waals surface area contributed by atoms with Gasteiger partial charge in [0.15, 0.2) is 0 Å². The van der Waals surface area contributed by atoms with Crippen LogP contribution in [-0.2, 0) is 16.6 Å². The summed E-state index contributed by atoms with van der Waals surface area (Å²) in [7, 11) is -1.69. The minimum Gasteiger partial charge on any atom is -0.324 e. The molecule has 0 spiro atoms. The van der Waals surface area contributed by atoms with E-state index in [-0.39, 0.29) is 4.90 Å². The van der Waals surface area contributed by atoms with Gasteiger partial charge in [0.1, 0.15) is 5.82 Å². The van der Waals surface area contributed by atoms with Crippen LogP contribution in [0.25, 0.3) is 11.3 Å². The van der Waals surface area contributed by atoms with Crippen LogP contribution in [0.4, 0.5) is 16.0 Å². The van der Waals surface area contributed by atoms with Gasteiger partial charge in [0.05, 0.1) is 10.6 Å². The molecule has 3 heterocycles. The van der Waals surface area contributed by atoms with Crippen LogP contribution in [0.5, 0.6) is 0 Å². The largest absolute Gasteiger partial charge is 0.324 e. The maximum atomic E-state index is 14.2. The number of hydrogen-bond donors (Lipinski definition) is 1. The van der Waals surface area contributed by atoms with Crippen molar-refractivity contribution in [1.82, 2.24) is 24.1 Å². The highest BCUT2D eigenvalue weighted by Crippen LogP contribution is 2.33. The van der Waals surface area contributed by atoms with Crippen LogP contribution in [0.2, 0.25) is 0 Å². The average Bonchev–Trinajstić information content (AvgIpc) is 3.44. The molecule has 3 aromatic rings. The van der Waals surface area contributed by atoms with Gasteiger partial charge in [-0.05, 0) is 68.3 Å². The first-order valence-corrected chi connectivity index (χ1v) is 14.1. The Kier molecular flexibility index (Phi) is 7.52. The molecule has 1 aromatic heterocycles. The van der Waals surface area contributed by atoms with Crippen molar-refractivity contribution >= 4 is 21.7 Å². The number of likely N-dealkylation sites (N-methyl/N-ethyl adjacent to an activating group) is 1. The van der Waals surface area contributed by atoms with E-state index in [1.165, 1.54) is 22.0 Å². The summed E-state index contributed by atoms with van der Waals surface area (Å²) in [6.45, 7) is 7.92. The van der Waals surface area contributed by atoms with E-state index in [2.05, 4.69) is 44.3 Å². The molecule has 2 fully saturated rings. The molecule has 0 amide bonds. The Morgan fingerprint density at radius 1 is 0.973 bits per heavy atom. The van der Waals surface area contributed by atoms with E-state index in [1.807, 2.05) is 19.1 Å². The number of rotatable bonds is 7. The zero-order valence-electron chi connectivity index (χ0n) is 21.3. The highest BCUT2D eigenvalue weighted by molar-refractivity contribution is 7.89. The number of hydrogen-bond acceptors (Lipinski definition) is 7. The van der Waals surface area contributed by atoms with Gasteiger partial charge in [-0.15, -0.1) is 0 Å². The predicted molar refractivity (Wildman–Crippen MR) is 143 cm³/mol. The van der Waals surface area contributed by atoms with Crippen molar-refractivity contribution in [2.24, 2.45) is 0 Å². The predicted octanol–water partition coefficient (Wildman–Crippen LogP) is 3.87. The molecule has 10 heteroatoms. The van der Waals surface area contributed by atoms with E-state index in [9.17, 15) is 12.8 Å². The number of halogens is 1. The van der Waals surface area contributed by atoms with Gasteiger partial charge in [-0.1, -0.05) is 12.1 Å². The average molecular weight is 525 g/mol. The number of nitrogens with zero attached hydrogens (tertiary/aromatic N) is 5. The number of anilines is 2. The second-order valence-electron chi connectivity index (χ2n) is 9.88. The van der Waals surface area contributed by atoms with Crippen LogP contribution < -0.4 is 5.32 Å². The smallest absolute Gasteiger partial charge is 0.243 e. The fraction of sp³-hybridized carbons (Fsp3) is 0.407. The summed E-state index contributed by atoms with van der Waals surface area (Å²) >= 11 is 0. The maximum absolute atomic E-state index is 14.2. The maximum Gasteiger partial charge on any atom is 0.243 e. The number of aryl methyl sites for hydroxylation is 1. The molecule has 0 bridgehead atoms. The molecule has 0 unspecified atom stereocenters. The Hall–Kier alpha value is -2.92. The van der Waals surface area contributed by atoms with Crippen molar-refractivity contribution in [2.45, 2.75) is 31.2 Å². The third-order valence-electron chi connectivity index (χ3n) is 7.07. The first kappa shape index (κ1) is 25.7. The topological polar surface area (TPSA) is 81.7 Å². The van der Waals surface area contributed by atoms with Crippen LogP contribution in [-0.4, -0.2) is 78.8 Å². The van der Waals surface area contributed by atoms with Crippen molar-refractivity contribution in [2.75, 3.05) is 51.6 Å². The van der Waals surface area contributed by atoms with Crippen LogP contribution in [0, 0.1) is 12.7 Å². The van der Waals surface area contributed by atoms with Gasteiger partial charge in [0.25, 0.3) is 0 Å². The molecular formula is C27H33FN6O2S. The molecule has 5 rings (SSSR count). The minimum absolute atomic E-state index is 0.0598. The summed E-state index contributed by atoms with van der Waals surface area (Å²) in [5.74, 6) is -0.246. The van der Waals surface area contributed by atoms with Crippen LogP contribution in [0.15, 0.2) is 53.6 Å². The van der Waals surface area contributed by atoms with Gasteiger partial charge in [0, 0.05) is 63.3 Å². The molecule has 0 saturated carbocycles. The molecule has 0 radical (unpaired) electrons. The normalized spacial score (nSPS) is 17.8. The van der Waals surface area contributed by atoms with Crippen molar-refractivity contribution in [3.05, 3.63) is 65.6 Å². The van der Waals surface area contributed by atoms with Gasteiger partial charge >= 0.3 is 0 Å². The molecule has 0 aliphatic carbocycles. The molecular weight excluding hydrogens is 491 g/mol. The van der Waals surface area contributed by atoms with Crippen molar-refractivity contribution < 1.29 is 12.8 Å². The second-order valence-corrected chi connectivity index (χ2v) is 11.8. The van der Waals surface area contributed by atoms with Crippen molar-refractivity contribution in [1.29, 1.82) is 0 Å². The van der Waals surface area contributed by atoms with Gasteiger partial charge in [-0.25, -0.2) is 22.8 Å². The first-order valence-electron chi connectivity index (χ1n) is 12.7. The lowest BCUT2D eigenvalue weighted by Gasteiger charge is -2.32. The summed E-state index contributed by atoms with van der Waals surface area (Å²) < 4.78 is 42.3. The zero-order chi connectivity index (χ0) is 26.0. The Balaban J connectivity index is 1.37. The summed E-state index contributed by atoms with van der Waals surface area (Å²) in [6.07, 6.45) is 3.26. The zero-order valence-corrected chi connectivity index (χ0v) is 22.1. The first-order chi connectivity index (χ1) is 17.8. The Morgan fingerprint density at radius 2 is 1.68 bits per heavy atom. The number of nitrogens with one attached hydrogen (secondary N) is 1. The third-order valence-corrected chi connectivity index (χ3v) is 9.00. The fourth-order valence-corrected chi connectivity index (χ4v) is 6.56. The standard InChI is InChI=1S/C27H33FN6O2S/c1-20-18-29-27(30-23-8-5-21(6-9-23)19-33-15-13-32(2)14-16-33)31-26(20)24-10-7-22(28)17-25(24)37(35,36)34-11-3-4-12-34/h5-10,17-18H,3-4,11-16,19H2,1-2H3,(H,29,30,31). The number of benzene rings is 2. The Morgan fingerprint density at radius 3 is 2.38 bits per heavy atom. The Bertz CT molecular complexity index is 1350. The van der Waals surface area contributed by atoms with Crippen LogP contribution in [0.1, 0.15) is 24.0 Å². The van der Waals surface area contributed by atoms with E-state index < -0.39 is 15.8 Å².